The minimum Gasteiger partial charge on any atom is -0.489 e. The van der Waals surface area contributed by atoms with Gasteiger partial charge < -0.3 is 9.47 Å². The summed E-state index contributed by atoms with van der Waals surface area (Å²) in [7, 11) is 0. The van der Waals surface area contributed by atoms with E-state index in [1.165, 1.54) is 37.8 Å². The third kappa shape index (κ3) is 8.02. The Morgan fingerprint density at radius 2 is 0.933 bits per heavy atom. The maximum atomic E-state index is 12.3. The highest BCUT2D eigenvalue weighted by molar-refractivity contribution is 5.63. The van der Waals surface area contributed by atoms with E-state index in [1.54, 1.807) is 24.3 Å². The maximum absolute atomic E-state index is 12.3. The van der Waals surface area contributed by atoms with Crippen LogP contribution in [-0.4, -0.2) is 13.2 Å². The van der Waals surface area contributed by atoms with E-state index >= 15 is 0 Å². The van der Waals surface area contributed by atoms with Crippen LogP contribution in [0.4, 0.5) is 0 Å². The van der Waals surface area contributed by atoms with Gasteiger partial charge in [-0.2, -0.15) is 0 Å². The summed E-state index contributed by atoms with van der Waals surface area (Å²) in [6, 6.07) is 13.7. The molecule has 2 aromatic rings. The molecule has 0 atom stereocenters. The fourth-order valence-corrected chi connectivity index (χ4v) is 3.15. The smallest absolute Gasteiger partial charge is 0.220 e. The second-order valence-electron chi connectivity index (χ2n) is 7.52. The normalized spacial score (nSPS) is 10.6. The highest BCUT2D eigenvalue weighted by atomic mass is 16.5. The number of rotatable bonds is 13. The van der Waals surface area contributed by atoms with Gasteiger partial charge in [-0.05, 0) is 48.2 Å². The molecule has 0 spiro atoms. The molecule has 4 nitrogen and oxygen atoms in total. The van der Waals surface area contributed by atoms with Crippen molar-refractivity contribution < 1.29 is 9.47 Å². The molecule has 0 saturated heterocycles. The minimum absolute atomic E-state index is 0.141. The zero-order chi connectivity index (χ0) is 21.6. The van der Waals surface area contributed by atoms with Crippen LogP contribution in [-0.2, 0) is 0 Å². The van der Waals surface area contributed by atoms with Gasteiger partial charge in [0.15, 0.2) is 11.5 Å². The van der Waals surface area contributed by atoms with Crippen LogP contribution in [0, 0.1) is 0 Å². The third-order valence-corrected chi connectivity index (χ3v) is 4.99. The predicted molar refractivity (Wildman–Crippen MR) is 124 cm³/mol. The minimum atomic E-state index is -0.141. The lowest BCUT2D eigenvalue weighted by Gasteiger charge is -2.03. The van der Waals surface area contributed by atoms with Crippen molar-refractivity contribution in [3.8, 4) is 22.6 Å². The molecule has 0 aliphatic heterocycles. The topological polar surface area (TPSA) is 52.6 Å². The fourth-order valence-electron chi connectivity index (χ4n) is 3.15. The van der Waals surface area contributed by atoms with Crippen LogP contribution in [0.1, 0.15) is 65.2 Å². The zero-order valence-electron chi connectivity index (χ0n) is 18.3. The lowest BCUT2D eigenvalue weighted by Crippen LogP contribution is -2.05. The van der Waals surface area contributed by atoms with Gasteiger partial charge in [-0.1, -0.05) is 76.6 Å². The Morgan fingerprint density at radius 3 is 1.33 bits per heavy atom. The summed E-state index contributed by atoms with van der Waals surface area (Å²) in [5.41, 5.74) is 1.41. The van der Waals surface area contributed by atoms with Crippen LogP contribution < -0.4 is 20.3 Å². The molecule has 0 amide bonds. The van der Waals surface area contributed by atoms with E-state index in [9.17, 15) is 9.59 Å². The molecule has 0 radical (unpaired) electrons. The SMILES string of the molecule is CCCCCCOc1ccc(-c2ccc(OCCCCCC)c(=O)cc2)ccc1=O. The van der Waals surface area contributed by atoms with Gasteiger partial charge in [0.25, 0.3) is 0 Å². The Morgan fingerprint density at radius 1 is 0.533 bits per heavy atom. The summed E-state index contributed by atoms with van der Waals surface area (Å²) in [4.78, 5) is 24.6. The van der Waals surface area contributed by atoms with Crippen LogP contribution in [0.5, 0.6) is 11.5 Å². The molecule has 0 aliphatic rings. The molecule has 0 fully saturated rings. The first-order valence-electron chi connectivity index (χ1n) is 11.2. The van der Waals surface area contributed by atoms with E-state index in [4.69, 9.17) is 9.47 Å². The largest absolute Gasteiger partial charge is 0.489 e. The Kier molecular flexibility index (Phi) is 10.7. The first-order valence-corrected chi connectivity index (χ1v) is 11.2. The monoisotopic (exact) mass is 410 g/mol. The fraction of sp³-hybridized carbons (Fsp3) is 0.462. The molecular weight excluding hydrogens is 376 g/mol. The molecule has 0 saturated carbocycles. The van der Waals surface area contributed by atoms with Gasteiger partial charge in [-0.3, -0.25) is 9.59 Å². The highest BCUT2D eigenvalue weighted by Gasteiger charge is 2.03. The standard InChI is InChI=1S/C26H34O4/c1-3-5-7-9-19-29-25-17-13-21(11-15-23(25)27)22-12-16-24(28)26(18-14-22)30-20-10-8-6-4-2/h11-18H,3-10,19-20H2,1-2H3. The van der Waals surface area contributed by atoms with Crippen LogP contribution in [0.25, 0.3) is 11.1 Å². The molecule has 4 heteroatoms. The van der Waals surface area contributed by atoms with Crippen LogP contribution in [0.3, 0.4) is 0 Å². The van der Waals surface area contributed by atoms with E-state index in [0.29, 0.717) is 24.7 Å². The molecule has 0 heterocycles. The molecule has 162 valence electrons. The van der Waals surface area contributed by atoms with E-state index < -0.39 is 0 Å². The molecule has 0 aromatic heterocycles. The summed E-state index contributed by atoms with van der Waals surface area (Å²) in [6.45, 7) is 5.43. The number of hydrogen-bond donors (Lipinski definition) is 0. The van der Waals surface area contributed by atoms with Crippen molar-refractivity contribution in [2.45, 2.75) is 65.2 Å². The maximum Gasteiger partial charge on any atom is 0.220 e. The van der Waals surface area contributed by atoms with Crippen LogP contribution in [0.15, 0.2) is 58.1 Å². The van der Waals surface area contributed by atoms with E-state index in [-0.39, 0.29) is 10.9 Å². The predicted octanol–water partition coefficient (Wildman–Crippen LogP) is 5.99. The first-order chi connectivity index (χ1) is 14.7. The average molecular weight is 411 g/mol. The molecule has 0 unspecified atom stereocenters. The Labute approximate surface area is 179 Å². The summed E-state index contributed by atoms with van der Waals surface area (Å²) in [5, 5.41) is 0. The average Bonchev–Trinajstić information content (AvgIpc) is 3.04. The summed E-state index contributed by atoms with van der Waals surface area (Å²) in [5.74, 6) is 0.720. The number of unbranched alkanes of at least 4 members (excludes halogenated alkanes) is 6. The molecular formula is C26H34O4. The van der Waals surface area contributed by atoms with Crippen molar-refractivity contribution in [2.24, 2.45) is 0 Å². The number of hydrogen-bond acceptors (Lipinski definition) is 4. The lowest BCUT2D eigenvalue weighted by molar-refractivity contribution is 0.302. The molecule has 2 rings (SSSR count). The van der Waals surface area contributed by atoms with Gasteiger partial charge in [-0.15, -0.1) is 0 Å². The van der Waals surface area contributed by atoms with Crippen molar-refractivity contribution in [2.75, 3.05) is 13.2 Å². The molecule has 0 N–H and O–H groups in total. The molecule has 0 aliphatic carbocycles. The van der Waals surface area contributed by atoms with Crippen molar-refractivity contribution in [3.05, 3.63) is 69.0 Å². The summed E-state index contributed by atoms with van der Waals surface area (Å²) >= 11 is 0. The Bertz CT molecular complexity index is 817. The molecule has 2 aromatic carbocycles. The lowest BCUT2D eigenvalue weighted by atomic mass is 10.1. The van der Waals surface area contributed by atoms with Crippen molar-refractivity contribution in [3.63, 3.8) is 0 Å². The van der Waals surface area contributed by atoms with Gasteiger partial charge in [0, 0.05) is 0 Å². The van der Waals surface area contributed by atoms with Crippen molar-refractivity contribution in [1.82, 2.24) is 0 Å². The Hall–Kier alpha value is -2.62. The van der Waals surface area contributed by atoms with E-state index in [0.717, 1.165) is 36.8 Å². The summed E-state index contributed by atoms with van der Waals surface area (Å²) < 4.78 is 11.4. The molecule has 30 heavy (non-hydrogen) atoms. The van der Waals surface area contributed by atoms with Gasteiger partial charge in [0.05, 0.1) is 13.2 Å². The van der Waals surface area contributed by atoms with Crippen LogP contribution in [0.2, 0.25) is 0 Å². The second kappa shape index (κ2) is 13.6. The van der Waals surface area contributed by atoms with Crippen molar-refractivity contribution >= 4 is 0 Å². The van der Waals surface area contributed by atoms with E-state index in [2.05, 4.69) is 13.8 Å². The van der Waals surface area contributed by atoms with Gasteiger partial charge in [-0.25, -0.2) is 0 Å². The van der Waals surface area contributed by atoms with Gasteiger partial charge in [0.2, 0.25) is 10.9 Å². The summed E-state index contributed by atoms with van der Waals surface area (Å²) in [6.07, 6.45) is 8.80. The first kappa shape index (κ1) is 23.7. The second-order valence-corrected chi connectivity index (χ2v) is 7.52. The quantitative estimate of drug-likeness (QED) is 0.381. The number of ether oxygens (including phenoxy) is 2. The third-order valence-electron chi connectivity index (χ3n) is 4.99. The Balaban J connectivity index is 2.09. The highest BCUT2D eigenvalue weighted by Crippen LogP contribution is 2.19. The van der Waals surface area contributed by atoms with Gasteiger partial charge >= 0.3 is 0 Å². The molecule has 0 bridgehead atoms. The van der Waals surface area contributed by atoms with Crippen molar-refractivity contribution in [1.29, 1.82) is 0 Å². The zero-order valence-corrected chi connectivity index (χ0v) is 18.3. The van der Waals surface area contributed by atoms with E-state index in [1.807, 2.05) is 12.1 Å². The van der Waals surface area contributed by atoms with Crippen LogP contribution >= 0.6 is 0 Å². The van der Waals surface area contributed by atoms with Gasteiger partial charge in [0.1, 0.15) is 0 Å².